The van der Waals surface area contributed by atoms with E-state index < -0.39 is 0 Å². The van der Waals surface area contributed by atoms with Gasteiger partial charge in [-0.2, -0.15) is 5.10 Å². The maximum absolute atomic E-state index is 4.30. The predicted molar refractivity (Wildman–Crippen MR) is 125 cm³/mol. The molecule has 0 saturated heterocycles. The normalized spacial score (nSPS) is 11.0. The first-order valence-corrected chi connectivity index (χ1v) is 9.09. The molecular weight excluding hydrogens is 463 g/mol. The minimum absolute atomic E-state index is 0. The van der Waals surface area contributed by atoms with Gasteiger partial charge in [-0.05, 0) is 43.5 Å². The summed E-state index contributed by atoms with van der Waals surface area (Å²) in [6.07, 6.45) is 4.19. The number of benzene rings is 2. The van der Waals surface area contributed by atoms with Gasteiger partial charge in [-0.25, -0.2) is 9.67 Å². The van der Waals surface area contributed by atoms with E-state index in [2.05, 4.69) is 69.9 Å². The second-order valence-corrected chi connectivity index (χ2v) is 6.61. The summed E-state index contributed by atoms with van der Waals surface area (Å²) in [5.74, 6) is 0.805. The first kappa shape index (κ1) is 21.9. The van der Waals surface area contributed by atoms with Gasteiger partial charge in [-0.15, -0.1) is 24.0 Å². The number of aliphatic imine (C=N–C) groups is 1. The number of hydrogen-bond acceptors (Lipinski definition) is 3. The van der Waals surface area contributed by atoms with Crippen LogP contribution < -0.4 is 10.6 Å². The molecule has 0 radical (unpaired) electrons. The Morgan fingerprint density at radius 3 is 2.32 bits per heavy atom. The maximum Gasteiger partial charge on any atom is 0.191 e. The molecule has 0 saturated carbocycles. The Hall–Kier alpha value is -2.42. The molecule has 0 bridgehead atoms. The summed E-state index contributed by atoms with van der Waals surface area (Å²) in [5.41, 5.74) is 6.13. The molecule has 0 amide bonds. The highest BCUT2D eigenvalue weighted by Crippen LogP contribution is 2.09. The lowest BCUT2D eigenvalue weighted by molar-refractivity contribution is 0.793. The third-order valence-electron chi connectivity index (χ3n) is 4.29. The Morgan fingerprint density at radius 2 is 1.71 bits per heavy atom. The monoisotopic (exact) mass is 490 g/mol. The molecule has 0 aliphatic rings. The molecule has 6 nitrogen and oxygen atoms in total. The molecule has 28 heavy (non-hydrogen) atoms. The summed E-state index contributed by atoms with van der Waals surface area (Å²) in [6.45, 7) is 5.83. The standard InChI is InChI=1S/C21H26N6.HI/c1-16-10-17(2)12-19(11-16)8-9-24-21(22-3)25-13-18-4-6-20(7-5-18)27-15-23-14-26-27;/h4-7,10-12,14-15H,8-9,13H2,1-3H3,(H2,22,24,25);1H. The van der Waals surface area contributed by atoms with E-state index in [0.29, 0.717) is 6.54 Å². The van der Waals surface area contributed by atoms with E-state index in [-0.39, 0.29) is 24.0 Å². The third-order valence-corrected chi connectivity index (χ3v) is 4.29. The van der Waals surface area contributed by atoms with Gasteiger partial charge >= 0.3 is 0 Å². The fourth-order valence-electron chi connectivity index (χ4n) is 3.05. The van der Waals surface area contributed by atoms with Crippen LogP contribution in [0.15, 0.2) is 60.1 Å². The quantitative estimate of drug-likeness (QED) is 0.316. The molecule has 0 spiro atoms. The molecule has 7 heteroatoms. The summed E-state index contributed by atoms with van der Waals surface area (Å²) < 4.78 is 1.74. The number of aryl methyl sites for hydroxylation is 2. The zero-order valence-electron chi connectivity index (χ0n) is 16.5. The van der Waals surface area contributed by atoms with Crippen molar-refractivity contribution in [3.05, 3.63) is 77.4 Å². The first-order valence-electron chi connectivity index (χ1n) is 9.09. The van der Waals surface area contributed by atoms with Gasteiger partial charge in [0.15, 0.2) is 5.96 Å². The Morgan fingerprint density at radius 1 is 1.00 bits per heavy atom. The molecule has 0 unspecified atom stereocenters. The maximum atomic E-state index is 4.30. The number of aromatic nitrogens is 3. The topological polar surface area (TPSA) is 67.1 Å². The molecule has 0 atom stereocenters. The van der Waals surface area contributed by atoms with Gasteiger partial charge in [0.05, 0.1) is 5.69 Å². The minimum atomic E-state index is 0. The van der Waals surface area contributed by atoms with Gasteiger partial charge in [-0.3, -0.25) is 4.99 Å². The molecule has 148 valence electrons. The Labute approximate surface area is 183 Å². The summed E-state index contributed by atoms with van der Waals surface area (Å²) in [6, 6.07) is 14.9. The van der Waals surface area contributed by atoms with Crippen LogP contribution in [-0.4, -0.2) is 34.3 Å². The van der Waals surface area contributed by atoms with Crippen molar-refractivity contribution < 1.29 is 0 Å². The number of halogens is 1. The fraction of sp³-hybridized carbons (Fsp3) is 0.286. The van der Waals surface area contributed by atoms with Crippen LogP contribution in [0, 0.1) is 13.8 Å². The highest BCUT2D eigenvalue weighted by molar-refractivity contribution is 14.0. The van der Waals surface area contributed by atoms with Crippen molar-refractivity contribution in [1.82, 2.24) is 25.4 Å². The van der Waals surface area contributed by atoms with Gasteiger partial charge in [0.25, 0.3) is 0 Å². The van der Waals surface area contributed by atoms with Crippen LogP contribution in [0.3, 0.4) is 0 Å². The van der Waals surface area contributed by atoms with Gasteiger partial charge < -0.3 is 10.6 Å². The third kappa shape index (κ3) is 6.33. The fourth-order valence-corrected chi connectivity index (χ4v) is 3.05. The lowest BCUT2D eigenvalue weighted by Crippen LogP contribution is -2.37. The predicted octanol–water partition coefficient (Wildman–Crippen LogP) is 3.41. The van der Waals surface area contributed by atoms with Gasteiger partial charge in [-0.1, -0.05) is 41.5 Å². The summed E-state index contributed by atoms with van der Waals surface area (Å²) in [5, 5.41) is 10.9. The molecule has 3 rings (SSSR count). The zero-order valence-corrected chi connectivity index (χ0v) is 18.8. The molecule has 0 fully saturated rings. The van der Waals surface area contributed by atoms with Crippen molar-refractivity contribution in [1.29, 1.82) is 0 Å². The minimum Gasteiger partial charge on any atom is -0.356 e. The van der Waals surface area contributed by atoms with E-state index in [9.17, 15) is 0 Å². The number of hydrogen-bond donors (Lipinski definition) is 2. The molecule has 2 N–H and O–H groups in total. The van der Waals surface area contributed by atoms with E-state index in [1.807, 2.05) is 12.1 Å². The van der Waals surface area contributed by atoms with Crippen LogP contribution >= 0.6 is 24.0 Å². The Balaban J connectivity index is 0.00000280. The Kier molecular flexibility index (Phi) is 8.43. The summed E-state index contributed by atoms with van der Waals surface area (Å²) in [4.78, 5) is 8.27. The molecule has 1 aromatic heterocycles. The van der Waals surface area contributed by atoms with Crippen LogP contribution in [-0.2, 0) is 13.0 Å². The SMILES string of the molecule is CN=C(NCCc1cc(C)cc(C)c1)NCc1ccc(-n2cncn2)cc1.I. The van der Waals surface area contributed by atoms with Crippen molar-refractivity contribution in [2.75, 3.05) is 13.6 Å². The van der Waals surface area contributed by atoms with Crippen LogP contribution in [0.1, 0.15) is 22.3 Å². The van der Waals surface area contributed by atoms with Crippen molar-refractivity contribution in [2.24, 2.45) is 4.99 Å². The van der Waals surface area contributed by atoms with Crippen molar-refractivity contribution in [2.45, 2.75) is 26.8 Å². The van der Waals surface area contributed by atoms with Crippen molar-refractivity contribution in [3.63, 3.8) is 0 Å². The second-order valence-electron chi connectivity index (χ2n) is 6.61. The van der Waals surface area contributed by atoms with Crippen LogP contribution in [0.5, 0.6) is 0 Å². The average molecular weight is 490 g/mol. The Bertz CT molecular complexity index is 868. The molecular formula is C21H27IN6. The van der Waals surface area contributed by atoms with E-state index in [1.165, 1.54) is 28.6 Å². The first-order chi connectivity index (χ1) is 13.1. The van der Waals surface area contributed by atoms with Crippen LogP contribution in [0.2, 0.25) is 0 Å². The second kappa shape index (κ2) is 10.8. The number of nitrogens with zero attached hydrogens (tertiary/aromatic N) is 4. The van der Waals surface area contributed by atoms with Crippen LogP contribution in [0.4, 0.5) is 0 Å². The number of rotatable bonds is 6. The largest absolute Gasteiger partial charge is 0.356 e. The van der Waals surface area contributed by atoms with E-state index in [4.69, 9.17) is 0 Å². The molecule has 1 heterocycles. The van der Waals surface area contributed by atoms with E-state index >= 15 is 0 Å². The van der Waals surface area contributed by atoms with Gasteiger partial charge in [0.2, 0.25) is 0 Å². The molecule has 0 aliphatic heterocycles. The van der Waals surface area contributed by atoms with Gasteiger partial charge in [0.1, 0.15) is 12.7 Å². The summed E-state index contributed by atoms with van der Waals surface area (Å²) in [7, 11) is 1.79. The van der Waals surface area contributed by atoms with Crippen LogP contribution in [0.25, 0.3) is 5.69 Å². The smallest absolute Gasteiger partial charge is 0.191 e. The molecule has 2 aromatic carbocycles. The van der Waals surface area contributed by atoms with E-state index in [1.54, 1.807) is 18.1 Å². The lowest BCUT2D eigenvalue weighted by Gasteiger charge is -2.13. The lowest BCUT2D eigenvalue weighted by atomic mass is 10.1. The highest BCUT2D eigenvalue weighted by Gasteiger charge is 2.01. The van der Waals surface area contributed by atoms with Crippen molar-refractivity contribution >= 4 is 29.9 Å². The van der Waals surface area contributed by atoms with Gasteiger partial charge in [0, 0.05) is 20.1 Å². The number of guanidine groups is 1. The van der Waals surface area contributed by atoms with E-state index in [0.717, 1.165) is 24.6 Å². The number of nitrogens with one attached hydrogen (secondary N) is 2. The van der Waals surface area contributed by atoms with Crippen molar-refractivity contribution in [3.8, 4) is 5.69 Å². The zero-order chi connectivity index (χ0) is 19.1. The molecule has 3 aromatic rings. The average Bonchev–Trinajstić information content (AvgIpc) is 3.19. The summed E-state index contributed by atoms with van der Waals surface area (Å²) >= 11 is 0. The molecule has 0 aliphatic carbocycles. The highest BCUT2D eigenvalue weighted by atomic mass is 127.